The third-order valence-electron chi connectivity index (χ3n) is 2.44. The van der Waals surface area contributed by atoms with Crippen molar-refractivity contribution in [2.45, 2.75) is 39.0 Å². The van der Waals surface area contributed by atoms with Crippen LogP contribution in [-0.4, -0.2) is 12.4 Å². The van der Waals surface area contributed by atoms with E-state index in [1.165, 1.54) is 0 Å². The molecule has 0 heterocycles. The molecule has 16 heavy (non-hydrogen) atoms. The lowest BCUT2D eigenvalue weighted by Crippen LogP contribution is -1.97. The molecule has 0 spiro atoms. The number of para-hydroxylation sites is 1. The number of ketones is 1. The van der Waals surface area contributed by atoms with Crippen LogP contribution < -0.4 is 4.74 Å². The molecule has 0 bridgehead atoms. The van der Waals surface area contributed by atoms with E-state index in [9.17, 15) is 4.79 Å². The Morgan fingerprint density at radius 2 is 1.75 bits per heavy atom. The molecule has 0 aliphatic carbocycles. The van der Waals surface area contributed by atoms with E-state index in [0.717, 1.165) is 44.5 Å². The molecule has 0 fully saturated rings. The Balaban J connectivity index is 1.94. The van der Waals surface area contributed by atoms with Crippen molar-refractivity contribution >= 4 is 5.78 Å². The minimum absolute atomic E-state index is 0.292. The monoisotopic (exact) mass is 220 g/mol. The minimum Gasteiger partial charge on any atom is -0.494 e. The van der Waals surface area contributed by atoms with Gasteiger partial charge < -0.3 is 9.53 Å². The van der Waals surface area contributed by atoms with Crippen molar-refractivity contribution in [3.63, 3.8) is 0 Å². The molecule has 0 aromatic heterocycles. The molecule has 0 atom stereocenters. The van der Waals surface area contributed by atoms with Gasteiger partial charge in [0.25, 0.3) is 0 Å². The van der Waals surface area contributed by atoms with Crippen molar-refractivity contribution in [3.05, 3.63) is 30.3 Å². The maximum atomic E-state index is 10.7. The summed E-state index contributed by atoms with van der Waals surface area (Å²) in [5.74, 6) is 1.23. The summed E-state index contributed by atoms with van der Waals surface area (Å²) in [4.78, 5) is 10.7. The largest absolute Gasteiger partial charge is 0.494 e. The van der Waals surface area contributed by atoms with Crippen LogP contribution in [0.2, 0.25) is 0 Å². The van der Waals surface area contributed by atoms with Gasteiger partial charge in [0, 0.05) is 6.42 Å². The van der Waals surface area contributed by atoms with Crippen molar-refractivity contribution in [1.29, 1.82) is 0 Å². The first kappa shape index (κ1) is 12.8. The number of ether oxygens (including phenoxy) is 1. The predicted molar refractivity (Wildman–Crippen MR) is 65.7 cm³/mol. The summed E-state index contributed by atoms with van der Waals surface area (Å²) in [6.07, 6.45) is 5.06. The van der Waals surface area contributed by atoms with Crippen molar-refractivity contribution in [2.75, 3.05) is 6.61 Å². The van der Waals surface area contributed by atoms with Crippen LogP contribution in [0.25, 0.3) is 0 Å². The van der Waals surface area contributed by atoms with Crippen LogP contribution in [0.15, 0.2) is 30.3 Å². The van der Waals surface area contributed by atoms with Crippen LogP contribution >= 0.6 is 0 Å². The minimum atomic E-state index is 0.292. The second-order valence-electron chi connectivity index (χ2n) is 4.03. The molecule has 0 radical (unpaired) electrons. The topological polar surface area (TPSA) is 26.3 Å². The molecule has 0 aliphatic heterocycles. The zero-order valence-corrected chi connectivity index (χ0v) is 9.95. The zero-order chi connectivity index (χ0) is 11.6. The number of carbonyl (C=O) groups is 1. The van der Waals surface area contributed by atoms with E-state index < -0.39 is 0 Å². The van der Waals surface area contributed by atoms with Gasteiger partial charge in [-0.25, -0.2) is 0 Å². The molecule has 0 saturated carbocycles. The molecule has 1 aromatic rings. The van der Waals surface area contributed by atoms with E-state index >= 15 is 0 Å². The Morgan fingerprint density at radius 3 is 2.44 bits per heavy atom. The second-order valence-corrected chi connectivity index (χ2v) is 4.03. The number of rotatable bonds is 8. The molecule has 0 unspecified atom stereocenters. The lowest BCUT2D eigenvalue weighted by atomic mass is 10.1. The maximum absolute atomic E-state index is 10.7. The predicted octanol–water partition coefficient (Wildman–Crippen LogP) is 3.60. The standard InChI is InChI=1S/C14H20O2/c1-13(15)9-5-2-3-8-12-16-14-10-6-4-7-11-14/h4,6-7,10-11H,2-3,5,8-9,12H2,1H3. The normalized spacial score (nSPS) is 10.1. The van der Waals surface area contributed by atoms with Gasteiger partial charge in [-0.15, -0.1) is 0 Å². The number of hydrogen-bond acceptors (Lipinski definition) is 2. The fourth-order valence-electron chi connectivity index (χ4n) is 1.54. The van der Waals surface area contributed by atoms with Crippen LogP contribution in [0.3, 0.4) is 0 Å². The SMILES string of the molecule is CC(=O)CCCCCCOc1ccccc1. The van der Waals surface area contributed by atoms with Gasteiger partial charge in [-0.05, 0) is 31.9 Å². The van der Waals surface area contributed by atoms with Gasteiger partial charge in [-0.3, -0.25) is 0 Å². The number of benzene rings is 1. The van der Waals surface area contributed by atoms with Crippen LogP contribution in [0, 0.1) is 0 Å². The number of carbonyl (C=O) groups excluding carboxylic acids is 1. The fraction of sp³-hybridized carbons (Fsp3) is 0.500. The summed E-state index contributed by atoms with van der Waals surface area (Å²) in [7, 11) is 0. The maximum Gasteiger partial charge on any atom is 0.129 e. The van der Waals surface area contributed by atoms with Crippen LogP contribution in [-0.2, 0) is 4.79 Å². The van der Waals surface area contributed by atoms with E-state index in [1.807, 2.05) is 30.3 Å². The number of hydrogen-bond donors (Lipinski definition) is 0. The van der Waals surface area contributed by atoms with Crippen LogP contribution in [0.4, 0.5) is 0 Å². The number of unbranched alkanes of at least 4 members (excludes halogenated alkanes) is 3. The fourth-order valence-corrected chi connectivity index (χ4v) is 1.54. The van der Waals surface area contributed by atoms with Crippen molar-refractivity contribution < 1.29 is 9.53 Å². The van der Waals surface area contributed by atoms with Gasteiger partial charge in [-0.1, -0.05) is 31.0 Å². The van der Waals surface area contributed by atoms with Gasteiger partial charge in [0.2, 0.25) is 0 Å². The average molecular weight is 220 g/mol. The number of Topliss-reactive ketones (excluding diaryl/α,β-unsaturated/α-hetero) is 1. The Bertz CT molecular complexity index is 293. The summed E-state index contributed by atoms with van der Waals surface area (Å²) in [5.41, 5.74) is 0. The van der Waals surface area contributed by atoms with E-state index in [-0.39, 0.29) is 0 Å². The summed E-state index contributed by atoms with van der Waals surface area (Å²) in [6.45, 7) is 2.42. The van der Waals surface area contributed by atoms with Gasteiger partial charge >= 0.3 is 0 Å². The Morgan fingerprint density at radius 1 is 1.06 bits per heavy atom. The van der Waals surface area contributed by atoms with Gasteiger partial charge in [0.1, 0.15) is 11.5 Å². The molecule has 88 valence electrons. The van der Waals surface area contributed by atoms with E-state index in [1.54, 1.807) is 6.92 Å². The molecule has 2 heteroatoms. The molecule has 1 aromatic carbocycles. The van der Waals surface area contributed by atoms with Crippen molar-refractivity contribution in [1.82, 2.24) is 0 Å². The van der Waals surface area contributed by atoms with Gasteiger partial charge in [0.15, 0.2) is 0 Å². The van der Waals surface area contributed by atoms with E-state index in [2.05, 4.69) is 0 Å². The van der Waals surface area contributed by atoms with Crippen LogP contribution in [0.5, 0.6) is 5.75 Å². The molecule has 2 nitrogen and oxygen atoms in total. The molecule has 0 amide bonds. The van der Waals surface area contributed by atoms with Crippen molar-refractivity contribution in [2.24, 2.45) is 0 Å². The smallest absolute Gasteiger partial charge is 0.129 e. The second kappa shape index (κ2) is 7.91. The van der Waals surface area contributed by atoms with Gasteiger partial charge in [-0.2, -0.15) is 0 Å². The van der Waals surface area contributed by atoms with Crippen molar-refractivity contribution in [3.8, 4) is 5.75 Å². The first-order chi connectivity index (χ1) is 7.79. The highest BCUT2D eigenvalue weighted by Gasteiger charge is 1.95. The Labute approximate surface area is 97.6 Å². The Hall–Kier alpha value is -1.31. The lowest BCUT2D eigenvalue weighted by Gasteiger charge is -2.05. The quantitative estimate of drug-likeness (QED) is 0.626. The first-order valence-electron chi connectivity index (χ1n) is 5.96. The molecule has 1 rings (SSSR count). The Kier molecular flexibility index (Phi) is 6.31. The molecular formula is C14H20O2. The third kappa shape index (κ3) is 6.23. The van der Waals surface area contributed by atoms with Gasteiger partial charge in [0.05, 0.1) is 6.61 Å². The third-order valence-corrected chi connectivity index (χ3v) is 2.44. The molecular weight excluding hydrogens is 200 g/mol. The van der Waals surface area contributed by atoms with E-state index in [0.29, 0.717) is 5.78 Å². The molecule has 0 aliphatic rings. The highest BCUT2D eigenvalue weighted by molar-refractivity contribution is 5.75. The molecule has 0 N–H and O–H groups in total. The van der Waals surface area contributed by atoms with E-state index in [4.69, 9.17) is 4.74 Å². The highest BCUT2D eigenvalue weighted by atomic mass is 16.5. The molecule has 0 saturated heterocycles. The summed E-state index contributed by atoms with van der Waals surface area (Å²) in [5, 5.41) is 0. The summed E-state index contributed by atoms with van der Waals surface area (Å²) in [6, 6.07) is 9.87. The summed E-state index contributed by atoms with van der Waals surface area (Å²) < 4.78 is 5.57. The van der Waals surface area contributed by atoms with Crippen LogP contribution in [0.1, 0.15) is 39.0 Å². The highest BCUT2D eigenvalue weighted by Crippen LogP contribution is 2.10. The summed E-state index contributed by atoms with van der Waals surface area (Å²) >= 11 is 0. The average Bonchev–Trinajstić information content (AvgIpc) is 2.29. The first-order valence-corrected chi connectivity index (χ1v) is 5.96. The zero-order valence-electron chi connectivity index (χ0n) is 9.95. The lowest BCUT2D eigenvalue weighted by molar-refractivity contribution is -0.117.